The number of rotatable bonds is 6. The van der Waals surface area contributed by atoms with Crippen LogP contribution in [0.15, 0.2) is 36.7 Å². The first kappa shape index (κ1) is 17.2. The van der Waals surface area contributed by atoms with Gasteiger partial charge in [0.1, 0.15) is 0 Å². The summed E-state index contributed by atoms with van der Waals surface area (Å²) in [6.07, 6.45) is 3.33. The van der Waals surface area contributed by atoms with Crippen molar-refractivity contribution in [2.45, 2.75) is 13.5 Å². The third kappa shape index (κ3) is 5.54. The van der Waals surface area contributed by atoms with E-state index in [1.807, 2.05) is 0 Å². The number of anilines is 1. The van der Waals surface area contributed by atoms with Gasteiger partial charge in [-0.2, -0.15) is 5.10 Å². The van der Waals surface area contributed by atoms with Crippen LogP contribution in [0.25, 0.3) is 0 Å². The fourth-order valence-electron chi connectivity index (χ4n) is 1.82. The Labute approximate surface area is 144 Å². The molecule has 122 valence electrons. The molecule has 0 saturated carbocycles. The van der Waals surface area contributed by atoms with Gasteiger partial charge in [-0.3, -0.25) is 4.68 Å². The second-order valence-corrected chi connectivity index (χ2v) is 5.45. The fourth-order valence-corrected chi connectivity index (χ4v) is 2.20. The Morgan fingerprint density at radius 1 is 1.39 bits per heavy atom. The monoisotopic (exact) mass is 352 g/mol. The largest absolute Gasteiger partial charge is 0.462 e. The quantitative estimate of drug-likeness (QED) is 0.615. The Kier molecular flexibility index (Phi) is 6.37. The Balaban J connectivity index is 1.77. The van der Waals surface area contributed by atoms with Crippen molar-refractivity contribution < 1.29 is 9.53 Å². The van der Waals surface area contributed by atoms with Gasteiger partial charge < -0.3 is 15.4 Å². The molecule has 6 nitrogen and oxygen atoms in total. The van der Waals surface area contributed by atoms with Crippen molar-refractivity contribution in [1.82, 2.24) is 15.1 Å². The highest BCUT2D eigenvalue weighted by molar-refractivity contribution is 7.80. The van der Waals surface area contributed by atoms with Gasteiger partial charge in [0.05, 0.1) is 29.9 Å². The number of benzene rings is 1. The minimum atomic E-state index is -0.336. The minimum absolute atomic E-state index is 0.336. The lowest BCUT2D eigenvalue weighted by Crippen LogP contribution is -2.31. The van der Waals surface area contributed by atoms with Gasteiger partial charge in [-0.25, -0.2) is 4.79 Å². The van der Waals surface area contributed by atoms with Crippen LogP contribution in [0.5, 0.6) is 0 Å². The van der Waals surface area contributed by atoms with Crippen LogP contribution in [-0.2, 0) is 11.3 Å². The van der Waals surface area contributed by atoms with E-state index in [1.165, 1.54) is 0 Å². The smallest absolute Gasteiger partial charge is 0.338 e. The second-order valence-electron chi connectivity index (χ2n) is 4.60. The average molecular weight is 353 g/mol. The van der Waals surface area contributed by atoms with Crippen molar-refractivity contribution in [3.63, 3.8) is 0 Å². The van der Waals surface area contributed by atoms with E-state index < -0.39 is 0 Å². The first-order valence-electron chi connectivity index (χ1n) is 7.08. The highest BCUT2D eigenvalue weighted by atomic mass is 35.5. The normalized spacial score (nSPS) is 10.2. The zero-order chi connectivity index (χ0) is 16.7. The van der Waals surface area contributed by atoms with Gasteiger partial charge in [0, 0.05) is 18.4 Å². The van der Waals surface area contributed by atoms with Crippen molar-refractivity contribution in [3.8, 4) is 0 Å². The number of halogens is 1. The van der Waals surface area contributed by atoms with Crippen molar-refractivity contribution in [2.75, 3.05) is 18.5 Å². The number of carbonyl (C=O) groups excluding carboxylic acids is 1. The molecule has 8 heteroatoms. The molecule has 0 unspecified atom stereocenters. The van der Waals surface area contributed by atoms with E-state index in [-0.39, 0.29) is 5.97 Å². The van der Waals surface area contributed by atoms with Gasteiger partial charge in [0.2, 0.25) is 0 Å². The van der Waals surface area contributed by atoms with Crippen LogP contribution in [-0.4, -0.2) is 34.0 Å². The SMILES string of the molecule is CCOC(=O)c1ccc(NC(=S)NCCn2cc(Cl)cn2)cc1. The predicted molar refractivity (Wildman–Crippen MR) is 93.9 cm³/mol. The molecule has 0 aliphatic carbocycles. The summed E-state index contributed by atoms with van der Waals surface area (Å²) in [5, 5.41) is 11.3. The van der Waals surface area contributed by atoms with Crippen LogP contribution in [0.2, 0.25) is 5.02 Å². The molecule has 0 amide bonds. The number of nitrogens with one attached hydrogen (secondary N) is 2. The molecule has 0 bridgehead atoms. The molecule has 0 aliphatic heterocycles. The summed E-state index contributed by atoms with van der Waals surface area (Å²) in [6, 6.07) is 6.92. The van der Waals surface area contributed by atoms with Crippen molar-refractivity contribution in [3.05, 3.63) is 47.2 Å². The van der Waals surface area contributed by atoms with E-state index in [0.29, 0.717) is 35.4 Å². The molecular formula is C15H17ClN4O2S. The lowest BCUT2D eigenvalue weighted by atomic mass is 10.2. The summed E-state index contributed by atoms with van der Waals surface area (Å²) in [7, 11) is 0. The van der Waals surface area contributed by atoms with Gasteiger partial charge in [-0.1, -0.05) is 11.6 Å². The van der Waals surface area contributed by atoms with Crippen LogP contribution in [0.1, 0.15) is 17.3 Å². The molecule has 0 spiro atoms. The van der Waals surface area contributed by atoms with Gasteiger partial charge in [-0.15, -0.1) is 0 Å². The van der Waals surface area contributed by atoms with E-state index in [1.54, 1.807) is 48.3 Å². The van der Waals surface area contributed by atoms with Crippen LogP contribution in [0, 0.1) is 0 Å². The summed E-state index contributed by atoms with van der Waals surface area (Å²) in [4.78, 5) is 11.6. The maximum Gasteiger partial charge on any atom is 0.338 e. The van der Waals surface area contributed by atoms with Gasteiger partial charge >= 0.3 is 5.97 Å². The van der Waals surface area contributed by atoms with E-state index >= 15 is 0 Å². The van der Waals surface area contributed by atoms with E-state index in [2.05, 4.69) is 15.7 Å². The van der Waals surface area contributed by atoms with Crippen molar-refractivity contribution in [2.24, 2.45) is 0 Å². The Morgan fingerprint density at radius 2 is 2.13 bits per heavy atom. The molecule has 1 aromatic heterocycles. The zero-order valence-corrected chi connectivity index (χ0v) is 14.2. The number of thiocarbonyl (C=S) groups is 1. The number of aromatic nitrogens is 2. The number of hydrogen-bond acceptors (Lipinski definition) is 4. The minimum Gasteiger partial charge on any atom is -0.462 e. The molecule has 1 aromatic carbocycles. The summed E-state index contributed by atoms with van der Waals surface area (Å²) in [5.41, 5.74) is 1.30. The van der Waals surface area contributed by atoms with Gasteiger partial charge in [0.15, 0.2) is 5.11 Å². The van der Waals surface area contributed by atoms with E-state index in [0.717, 1.165) is 5.69 Å². The third-order valence-electron chi connectivity index (χ3n) is 2.88. The second kappa shape index (κ2) is 8.50. The lowest BCUT2D eigenvalue weighted by Gasteiger charge is -2.11. The van der Waals surface area contributed by atoms with Crippen molar-refractivity contribution in [1.29, 1.82) is 0 Å². The number of esters is 1. The number of ether oxygens (including phenoxy) is 1. The average Bonchev–Trinajstić information content (AvgIpc) is 2.93. The Morgan fingerprint density at radius 3 is 2.74 bits per heavy atom. The molecule has 2 rings (SSSR count). The molecular weight excluding hydrogens is 336 g/mol. The van der Waals surface area contributed by atoms with Crippen LogP contribution in [0.3, 0.4) is 0 Å². The predicted octanol–water partition coefficient (Wildman–Crippen LogP) is 2.70. The van der Waals surface area contributed by atoms with Crippen LogP contribution < -0.4 is 10.6 Å². The lowest BCUT2D eigenvalue weighted by molar-refractivity contribution is 0.0526. The third-order valence-corrected chi connectivity index (χ3v) is 3.32. The molecule has 1 heterocycles. The first-order chi connectivity index (χ1) is 11.1. The fraction of sp³-hybridized carbons (Fsp3) is 0.267. The highest BCUT2D eigenvalue weighted by Gasteiger charge is 2.06. The topological polar surface area (TPSA) is 68.2 Å². The molecule has 0 saturated heterocycles. The van der Waals surface area contributed by atoms with Crippen LogP contribution >= 0.6 is 23.8 Å². The Bertz CT molecular complexity index is 672. The zero-order valence-electron chi connectivity index (χ0n) is 12.6. The summed E-state index contributed by atoms with van der Waals surface area (Å²) in [6.45, 7) is 3.39. The van der Waals surface area contributed by atoms with E-state index in [9.17, 15) is 4.79 Å². The number of hydrogen-bond donors (Lipinski definition) is 2. The Hall–Kier alpha value is -2.12. The molecule has 0 radical (unpaired) electrons. The van der Waals surface area contributed by atoms with E-state index in [4.69, 9.17) is 28.6 Å². The number of carbonyl (C=O) groups is 1. The van der Waals surface area contributed by atoms with Gasteiger partial charge in [0.25, 0.3) is 0 Å². The molecule has 23 heavy (non-hydrogen) atoms. The molecule has 0 aliphatic rings. The number of nitrogens with zero attached hydrogens (tertiary/aromatic N) is 2. The maximum atomic E-state index is 11.6. The first-order valence-corrected chi connectivity index (χ1v) is 7.87. The molecule has 0 atom stereocenters. The summed E-state index contributed by atoms with van der Waals surface area (Å²) in [5.74, 6) is -0.336. The molecule has 2 N–H and O–H groups in total. The van der Waals surface area contributed by atoms with Crippen molar-refractivity contribution >= 4 is 40.6 Å². The molecule has 2 aromatic rings. The van der Waals surface area contributed by atoms with Gasteiger partial charge in [-0.05, 0) is 43.4 Å². The summed E-state index contributed by atoms with van der Waals surface area (Å²) >= 11 is 11.0. The molecule has 0 fully saturated rings. The summed E-state index contributed by atoms with van der Waals surface area (Å²) < 4.78 is 6.66. The highest BCUT2D eigenvalue weighted by Crippen LogP contribution is 2.10. The standard InChI is InChI=1S/C15H17ClN4O2S/c1-2-22-14(21)11-3-5-13(6-4-11)19-15(23)17-7-8-20-10-12(16)9-18-20/h3-6,9-10H,2,7-8H2,1H3,(H2,17,19,23). The maximum absolute atomic E-state index is 11.6. The van der Waals surface area contributed by atoms with Crippen LogP contribution in [0.4, 0.5) is 5.69 Å².